The minimum Gasteiger partial charge on any atom is -0.494 e. The zero-order valence-electron chi connectivity index (χ0n) is 9.09. The topological polar surface area (TPSA) is 38.3 Å². The number of ether oxygens (including phenoxy) is 1. The molecule has 0 radical (unpaired) electrons. The number of rotatable bonds is 4. The lowest BCUT2D eigenvalue weighted by Crippen LogP contribution is -2.21. The van der Waals surface area contributed by atoms with Crippen molar-refractivity contribution in [3.63, 3.8) is 0 Å². The maximum atomic E-state index is 13.3. The molecule has 0 aliphatic rings. The standard InChI is InChI=1S/C11H13ClFNO2/c1-7(6-12)11(15)14-8-3-4-10(16-2)9(13)5-8/h3-5,7H,6H2,1-2H3,(H,14,15). The average Bonchev–Trinajstić information content (AvgIpc) is 2.28. The number of methoxy groups -OCH3 is 1. The summed E-state index contributed by atoms with van der Waals surface area (Å²) in [5.74, 6) is -0.696. The molecule has 1 unspecified atom stereocenters. The third-order valence-electron chi connectivity index (χ3n) is 2.10. The number of carbonyl (C=O) groups is 1. The van der Waals surface area contributed by atoms with Gasteiger partial charge in [-0.3, -0.25) is 4.79 Å². The molecule has 0 heterocycles. The lowest BCUT2D eigenvalue weighted by molar-refractivity contribution is -0.118. The van der Waals surface area contributed by atoms with Crippen LogP contribution in [-0.4, -0.2) is 18.9 Å². The van der Waals surface area contributed by atoms with E-state index in [1.165, 1.54) is 19.2 Å². The van der Waals surface area contributed by atoms with Crippen molar-refractivity contribution in [3.8, 4) is 5.75 Å². The van der Waals surface area contributed by atoms with Crippen LogP contribution in [0.5, 0.6) is 5.75 Å². The second-order valence-corrected chi connectivity index (χ2v) is 3.70. The number of amides is 1. The molecule has 3 nitrogen and oxygen atoms in total. The first kappa shape index (κ1) is 12.8. The van der Waals surface area contributed by atoms with Crippen molar-refractivity contribution in [1.82, 2.24) is 0 Å². The molecule has 1 N–H and O–H groups in total. The SMILES string of the molecule is COc1ccc(NC(=O)C(C)CCl)cc1F. The van der Waals surface area contributed by atoms with Crippen LogP contribution in [0.2, 0.25) is 0 Å². The lowest BCUT2D eigenvalue weighted by Gasteiger charge is -2.10. The summed E-state index contributed by atoms with van der Waals surface area (Å²) in [4.78, 5) is 11.5. The van der Waals surface area contributed by atoms with E-state index in [-0.39, 0.29) is 23.5 Å². The molecule has 1 aromatic rings. The molecule has 0 saturated carbocycles. The Hall–Kier alpha value is -1.29. The Morgan fingerprint density at radius 1 is 1.62 bits per heavy atom. The first-order valence-corrected chi connectivity index (χ1v) is 5.32. The predicted molar refractivity (Wildman–Crippen MR) is 61.5 cm³/mol. The summed E-state index contributed by atoms with van der Waals surface area (Å²) in [6, 6.07) is 4.23. The molecule has 0 spiro atoms. The van der Waals surface area contributed by atoms with Crippen molar-refractivity contribution in [3.05, 3.63) is 24.0 Å². The summed E-state index contributed by atoms with van der Waals surface area (Å²) in [6.07, 6.45) is 0. The molecule has 16 heavy (non-hydrogen) atoms. The molecule has 0 fully saturated rings. The maximum Gasteiger partial charge on any atom is 0.228 e. The Labute approximate surface area is 98.5 Å². The van der Waals surface area contributed by atoms with Crippen molar-refractivity contribution in [2.45, 2.75) is 6.92 Å². The van der Waals surface area contributed by atoms with Crippen LogP contribution in [0.1, 0.15) is 6.92 Å². The molecule has 5 heteroatoms. The molecule has 1 rings (SSSR count). The quantitative estimate of drug-likeness (QED) is 0.829. The zero-order valence-corrected chi connectivity index (χ0v) is 9.84. The normalized spacial score (nSPS) is 12.0. The Bertz CT molecular complexity index is 384. The van der Waals surface area contributed by atoms with Crippen molar-refractivity contribution in [2.24, 2.45) is 5.92 Å². The van der Waals surface area contributed by atoms with E-state index in [0.717, 1.165) is 0 Å². The largest absolute Gasteiger partial charge is 0.494 e. The van der Waals surface area contributed by atoms with Gasteiger partial charge in [-0.1, -0.05) is 6.92 Å². The number of carbonyl (C=O) groups excluding carboxylic acids is 1. The van der Waals surface area contributed by atoms with Crippen molar-refractivity contribution in [1.29, 1.82) is 0 Å². The summed E-state index contributed by atoms with van der Waals surface area (Å²) in [5, 5.41) is 2.57. The summed E-state index contributed by atoms with van der Waals surface area (Å²) in [6.45, 7) is 1.70. The van der Waals surface area contributed by atoms with Crippen LogP contribution in [0.25, 0.3) is 0 Å². The highest BCUT2D eigenvalue weighted by Crippen LogP contribution is 2.21. The van der Waals surface area contributed by atoms with Crippen molar-refractivity contribution in [2.75, 3.05) is 18.3 Å². The Morgan fingerprint density at radius 2 is 2.31 bits per heavy atom. The average molecular weight is 246 g/mol. The van der Waals surface area contributed by atoms with Crippen LogP contribution in [-0.2, 0) is 4.79 Å². The van der Waals surface area contributed by atoms with E-state index in [0.29, 0.717) is 5.69 Å². The van der Waals surface area contributed by atoms with E-state index in [4.69, 9.17) is 16.3 Å². The highest BCUT2D eigenvalue weighted by Gasteiger charge is 2.12. The molecular weight excluding hydrogens is 233 g/mol. The van der Waals surface area contributed by atoms with E-state index < -0.39 is 5.82 Å². The molecule has 0 saturated heterocycles. The van der Waals surface area contributed by atoms with Gasteiger partial charge in [-0.25, -0.2) is 4.39 Å². The first-order valence-electron chi connectivity index (χ1n) is 4.79. The molecule has 0 aromatic heterocycles. The molecule has 1 aromatic carbocycles. The minimum absolute atomic E-state index is 0.142. The first-order chi connectivity index (χ1) is 7.58. The van der Waals surface area contributed by atoms with Crippen LogP contribution in [0.4, 0.5) is 10.1 Å². The number of alkyl halides is 1. The van der Waals surface area contributed by atoms with Crippen LogP contribution in [0.15, 0.2) is 18.2 Å². The summed E-state index contributed by atoms with van der Waals surface area (Å²) in [5.41, 5.74) is 0.389. The molecule has 0 aliphatic heterocycles. The molecule has 0 aliphatic carbocycles. The summed E-state index contributed by atoms with van der Waals surface area (Å²) < 4.78 is 18.0. The van der Waals surface area contributed by atoms with Gasteiger partial charge in [0.05, 0.1) is 7.11 Å². The van der Waals surface area contributed by atoms with Gasteiger partial charge in [-0.2, -0.15) is 0 Å². The van der Waals surface area contributed by atoms with E-state index in [1.807, 2.05) is 0 Å². The Kier molecular flexibility index (Phi) is 4.55. The fraction of sp³-hybridized carbons (Fsp3) is 0.364. The number of benzene rings is 1. The molecule has 88 valence electrons. The second kappa shape index (κ2) is 5.70. The third-order valence-corrected chi connectivity index (χ3v) is 2.56. The van der Waals surface area contributed by atoms with Gasteiger partial charge < -0.3 is 10.1 Å². The van der Waals surface area contributed by atoms with Crippen LogP contribution in [0, 0.1) is 11.7 Å². The van der Waals surface area contributed by atoms with Gasteiger partial charge in [0, 0.05) is 23.6 Å². The second-order valence-electron chi connectivity index (χ2n) is 3.39. The third kappa shape index (κ3) is 3.10. The maximum absolute atomic E-state index is 13.3. The summed E-state index contributed by atoms with van der Waals surface area (Å²) in [7, 11) is 1.38. The number of nitrogens with one attached hydrogen (secondary N) is 1. The smallest absolute Gasteiger partial charge is 0.228 e. The molecule has 0 bridgehead atoms. The fourth-order valence-electron chi connectivity index (χ4n) is 1.08. The number of anilines is 1. The predicted octanol–water partition coefficient (Wildman–Crippen LogP) is 2.65. The number of halogens is 2. The van der Waals surface area contributed by atoms with Gasteiger partial charge in [0.1, 0.15) is 0 Å². The highest BCUT2D eigenvalue weighted by molar-refractivity contribution is 6.19. The van der Waals surface area contributed by atoms with E-state index in [9.17, 15) is 9.18 Å². The molecule has 1 amide bonds. The number of hydrogen-bond donors (Lipinski definition) is 1. The molecule has 1 atom stereocenters. The van der Waals surface area contributed by atoms with Crippen LogP contribution < -0.4 is 10.1 Å². The van der Waals surface area contributed by atoms with Gasteiger partial charge >= 0.3 is 0 Å². The number of hydrogen-bond acceptors (Lipinski definition) is 2. The van der Waals surface area contributed by atoms with Crippen LogP contribution >= 0.6 is 11.6 Å². The molecular formula is C11H13ClFNO2. The van der Waals surface area contributed by atoms with Gasteiger partial charge in [0.25, 0.3) is 0 Å². The van der Waals surface area contributed by atoms with E-state index in [1.54, 1.807) is 13.0 Å². The lowest BCUT2D eigenvalue weighted by atomic mass is 10.2. The van der Waals surface area contributed by atoms with E-state index >= 15 is 0 Å². The Balaban J connectivity index is 2.75. The van der Waals surface area contributed by atoms with Gasteiger partial charge in [0.2, 0.25) is 5.91 Å². The van der Waals surface area contributed by atoms with Crippen molar-refractivity contribution < 1.29 is 13.9 Å². The van der Waals surface area contributed by atoms with Gasteiger partial charge in [0.15, 0.2) is 11.6 Å². The minimum atomic E-state index is -0.515. The Morgan fingerprint density at radius 3 is 2.81 bits per heavy atom. The van der Waals surface area contributed by atoms with Gasteiger partial charge in [-0.05, 0) is 12.1 Å². The monoisotopic (exact) mass is 245 g/mol. The highest BCUT2D eigenvalue weighted by atomic mass is 35.5. The summed E-state index contributed by atoms with van der Waals surface area (Å²) >= 11 is 5.54. The fourth-order valence-corrected chi connectivity index (χ4v) is 1.22. The van der Waals surface area contributed by atoms with Crippen molar-refractivity contribution >= 4 is 23.2 Å². The zero-order chi connectivity index (χ0) is 12.1. The van der Waals surface area contributed by atoms with Gasteiger partial charge in [-0.15, -0.1) is 11.6 Å². The van der Waals surface area contributed by atoms with Crippen LogP contribution in [0.3, 0.4) is 0 Å². The van der Waals surface area contributed by atoms with E-state index in [2.05, 4.69) is 5.32 Å².